The van der Waals surface area contributed by atoms with Crippen molar-refractivity contribution < 1.29 is 4.39 Å². The van der Waals surface area contributed by atoms with E-state index in [4.69, 9.17) is 5.73 Å². The molecule has 0 atom stereocenters. The lowest BCUT2D eigenvalue weighted by molar-refractivity contribution is 0.477. The van der Waals surface area contributed by atoms with Gasteiger partial charge in [0.2, 0.25) is 5.95 Å². The summed E-state index contributed by atoms with van der Waals surface area (Å²) >= 11 is 0. The SMILES string of the molecule is CNc1nc(N)c(-c2cccc(C)c2C)c(CF)n1. The molecule has 0 unspecified atom stereocenters. The fourth-order valence-corrected chi connectivity index (χ4v) is 2.05. The summed E-state index contributed by atoms with van der Waals surface area (Å²) in [6.45, 7) is 3.31. The molecule has 0 saturated carbocycles. The van der Waals surface area contributed by atoms with Gasteiger partial charge in [-0.15, -0.1) is 0 Å². The smallest absolute Gasteiger partial charge is 0.224 e. The largest absolute Gasteiger partial charge is 0.383 e. The van der Waals surface area contributed by atoms with Gasteiger partial charge in [-0.2, -0.15) is 4.98 Å². The Morgan fingerprint density at radius 1 is 1.26 bits per heavy atom. The van der Waals surface area contributed by atoms with E-state index in [1.165, 1.54) is 0 Å². The summed E-state index contributed by atoms with van der Waals surface area (Å²) in [6.07, 6.45) is 0. The summed E-state index contributed by atoms with van der Waals surface area (Å²) < 4.78 is 13.2. The molecule has 0 radical (unpaired) electrons. The highest BCUT2D eigenvalue weighted by molar-refractivity contribution is 5.79. The van der Waals surface area contributed by atoms with E-state index in [0.29, 0.717) is 23.0 Å². The monoisotopic (exact) mass is 260 g/mol. The molecule has 0 amide bonds. The summed E-state index contributed by atoms with van der Waals surface area (Å²) in [5.41, 5.74) is 9.93. The molecular formula is C14H17FN4. The molecule has 0 bridgehead atoms. The lowest BCUT2D eigenvalue weighted by Gasteiger charge is -2.14. The van der Waals surface area contributed by atoms with Crippen LogP contribution in [0.3, 0.4) is 0 Å². The maximum atomic E-state index is 13.2. The van der Waals surface area contributed by atoms with E-state index in [1.807, 2.05) is 32.0 Å². The number of nitrogens with two attached hydrogens (primary N) is 1. The number of aromatic nitrogens is 2. The summed E-state index contributed by atoms with van der Waals surface area (Å²) in [4.78, 5) is 8.28. The normalized spacial score (nSPS) is 10.5. The second-order valence-electron chi connectivity index (χ2n) is 4.39. The van der Waals surface area contributed by atoms with Crippen molar-refractivity contribution in [3.63, 3.8) is 0 Å². The molecule has 19 heavy (non-hydrogen) atoms. The first kappa shape index (κ1) is 13.3. The quantitative estimate of drug-likeness (QED) is 0.890. The van der Waals surface area contributed by atoms with E-state index >= 15 is 0 Å². The first-order chi connectivity index (χ1) is 9.08. The molecule has 0 aliphatic heterocycles. The Morgan fingerprint density at radius 3 is 2.63 bits per heavy atom. The number of aryl methyl sites for hydroxylation is 1. The fourth-order valence-electron chi connectivity index (χ4n) is 2.05. The van der Waals surface area contributed by atoms with Gasteiger partial charge in [-0.3, -0.25) is 0 Å². The molecule has 4 nitrogen and oxygen atoms in total. The standard InChI is InChI=1S/C14H17FN4/c1-8-5-4-6-10(9(8)2)12-11(7-15)18-14(17-3)19-13(12)16/h4-6H,7H2,1-3H3,(H3,16,17,18,19). The maximum Gasteiger partial charge on any atom is 0.224 e. The van der Waals surface area contributed by atoms with Crippen molar-refractivity contribution in [2.45, 2.75) is 20.5 Å². The second kappa shape index (κ2) is 5.22. The zero-order valence-corrected chi connectivity index (χ0v) is 11.3. The first-order valence-corrected chi connectivity index (χ1v) is 6.05. The highest BCUT2D eigenvalue weighted by atomic mass is 19.1. The van der Waals surface area contributed by atoms with Gasteiger partial charge < -0.3 is 11.1 Å². The lowest BCUT2D eigenvalue weighted by atomic mass is 9.96. The summed E-state index contributed by atoms with van der Waals surface area (Å²) in [5, 5.41) is 2.78. The third kappa shape index (κ3) is 2.36. The lowest BCUT2D eigenvalue weighted by Crippen LogP contribution is -2.07. The number of nitrogens with one attached hydrogen (secondary N) is 1. The van der Waals surface area contributed by atoms with Crippen molar-refractivity contribution in [3.05, 3.63) is 35.0 Å². The van der Waals surface area contributed by atoms with Crippen molar-refractivity contribution in [1.82, 2.24) is 9.97 Å². The van der Waals surface area contributed by atoms with Crippen LogP contribution in [0.4, 0.5) is 16.2 Å². The Hall–Kier alpha value is -2.17. The molecule has 0 spiro atoms. The van der Waals surface area contributed by atoms with Crippen molar-refractivity contribution in [2.24, 2.45) is 0 Å². The van der Waals surface area contributed by atoms with Gasteiger partial charge in [-0.1, -0.05) is 18.2 Å². The van der Waals surface area contributed by atoms with Gasteiger partial charge in [0, 0.05) is 12.6 Å². The second-order valence-corrected chi connectivity index (χ2v) is 4.39. The Bertz CT molecular complexity index is 611. The number of halogens is 1. The highest BCUT2D eigenvalue weighted by Gasteiger charge is 2.16. The number of nitrogen functional groups attached to an aromatic ring is 1. The van der Waals surface area contributed by atoms with E-state index in [-0.39, 0.29) is 0 Å². The number of nitrogens with zero attached hydrogens (tertiary/aromatic N) is 2. The molecule has 1 aromatic carbocycles. The van der Waals surface area contributed by atoms with E-state index in [9.17, 15) is 4.39 Å². The van der Waals surface area contributed by atoms with Gasteiger partial charge in [0.15, 0.2) is 0 Å². The Kier molecular flexibility index (Phi) is 3.64. The van der Waals surface area contributed by atoms with Gasteiger partial charge in [-0.25, -0.2) is 9.37 Å². The highest BCUT2D eigenvalue weighted by Crippen LogP contribution is 2.32. The number of benzene rings is 1. The fraction of sp³-hybridized carbons (Fsp3) is 0.286. The third-order valence-corrected chi connectivity index (χ3v) is 3.24. The summed E-state index contributed by atoms with van der Waals surface area (Å²) in [5.74, 6) is 0.625. The molecule has 0 saturated heterocycles. The number of alkyl halides is 1. The number of rotatable bonds is 3. The molecule has 0 aliphatic carbocycles. The van der Waals surface area contributed by atoms with Crippen molar-refractivity contribution >= 4 is 11.8 Å². The molecule has 1 aromatic heterocycles. The van der Waals surface area contributed by atoms with Crippen LogP contribution < -0.4 is 11.1 Å². The van der Waals surface area contributed by atoms with Crippen LogP contribution in [0.1, 0.15) is 16.8 Å². The van der Waals surface area contributed by atoms with Crippen LogP contribution in [0.25, 0.3) is 11.1 Å². The number of hydrogen-bond acceptors (Lipinski definition) is 4. The zero-order chi connectivity index (χ0) is 14.0. The third-order valence-electron chi connectivity index (χ3n) is 3.24. The number of anilines is 2. The van der Waals surface area contributed by atoms with Crippen molar-refractivity contribution in [2.75, 3.05) is 18.1 Å². The van der Waals surface area contributed by atoms with Crippen LogP contribution in [0.5, 0.6) is 0 Å². The van der Waals surface area contributed by atoms with E-state index in [0.717, 1.165) is 16.7 Å². The average Bonchev–Trinajstić information content (AvgIpc) is 2.41. The average molecular weight is 260 g/mol. The minimum Gasteiger partial charge on any atom is -0.383 e. The van der Waals surface area contributed by atoms with Crippen LogP contribution in [0.15, 0.2) is 18.2 Å². The summed E-state index contributed by atoms with van der Waals surface area (Å²) in [7, 11) is 1.67. The molecule has 3 N–H and O–H groups in total. The molecule has 1 heterocycles. The molecule has 0 fully saturated rings. The van der Waals surface area contributed by atoms with Gasteiger partial charge in [0.05, 0.1) is 5.69 Å². The minimum absolute atomic E-state index is 0.292. The van der Waals surface area contributed by atoms with Crippen LogP contribution in [0.2, 0.25) is 0 Å². The van der Waals surface area contributed by atoms with Gasteiger partial charge >= 0.3 is 0 Å². The molecule has 0 aliphatic rings. The number of hydrogen-bond donors (Lipinski definition) is 2. The van der Waals surface area contributed by atoms with Gasteiger partial charge in [0.1, 0.15) is 12.5 Å². The van der Waals surface area contributed by atoms with Crippen molar-refractivity contribution in [3.8, 4) is 11.1 Å². The zero-order valence-electron chi connectivity index (χ0n) is 11.3. The van der Waals surface area contributed by atoms with Crippen LogP contribution >= 0.6 is 0 Å². The van der Waals surface area contributed by atoms with Crippen LogP contribution in [-0.2, 0) is 6.67 Å². The van der Waals surface area contributed by atoms with Gasteiger partial charge in [0.25, 0.3) is 0 Å². The molecule has 5 heteroatoms. The first-order valence-electron chi connectivity index (χ1n) is 6.05. The Balaban J connectivity index is 2.71. The maximum absolute atomic E-state index is 13.2. The molecular weight excluding hydrogens is 243 g/mol. The predicted octanol–water partition coefficient (Wildman–Crippen LogP) is 2.85. The minimum atomic E-state index is -0.676. The Labute approximate surface area is 111 Å². The van der Waals surface area contributed by atoms with Gasteiger partial charge in [-0.05, 0) is 30.5 Å². The summed E-state index contributed by atoms with van der Waals surface area (Å²) in [6, 6.07) is 5.84. The van der Waals surface area contributed by atoms with Crippen LogP contribution in [0, 0.1) is 13.8 Å². The van der Waals surface area contributed by atoms with E-state index < -0.39 is 6.67 Å². The molecule has 100 valence electrons. The van der Waals surface area contributed by atoms with E-state index in [1.54, 1.807) is 7.05 Å². The molecule has 2 aromatic rings. The topological polar surface area (TPSA) is 63.8 Å². The predicted molar refractivity (Wildman–Crippen MR) is 75.7 cm³/mol. The molecule has 2 rings (SSSR count). The van der Waals surface area contributed by atoms with E-state index in [2.05, 4.69) is 15.3 Å². The Morgan fingerprint density at radius 2 is 2.00 bits per heavy atom. The van der Waals surface area contributed by atoms with Crippen LogP contribution in [-0.4, -0.2) is 17.0 Å². The van der Waals surface area contributed by atoms with Crippen molar-refractivity contribution in [1.29, 1.82) is 0 Å².